The molecule has 112 valence electrons. The molecule has 0 saturated carbocycles. The zero-order valence-corrected chi connectivity index (χ0v) is 13.1. The summed E-state index contributed by atoms with van der Waals surface area (Å²) in [5, 5.41) is 3.98. The van der Waals surface area contributed by atoms with Crippen LogP contribution in [-0.2, 0) is 11.3 Å². The van der Waals surface area contributed by atoms with Gasteiger partial charge < -0.3 is 14.8 Å². The number of ether oxygens (including phenoxy) is 2. The smallest absolute Gasteiger partial charge is 0.133 e. The molecule has 0 radical (unpaired) electrons. The van der Waals surface area contributed by atoms with Crippen molar-refractivity contribution in [1.29, 1.82) is 0 Å². The molecular formula is C17H20ClNO2. The van der Waals surface area contributed by atoms with Crippen molar-refractivity contribution < 1.29 is 9.47 Å². The van der Waals surface area contributed by atoms with E-state index in [9.17, 15) is 0 Å². The van der Waals surface area contributed by atoms with Crippen LogP contribution in [0.3, 0.4) is 0 Å². The van der Waals surface area contributed by atoms with Gasteiger partial charge in [-0.25, -0.2) is 0 Å². The van der Waals surface area contributed by atoms with Gasteiger partial charge in [-0.1, -0.05) is 29.8 Å². The van der Waals surface area contributed by atoms with E-state index in [2.05, 4.69) is 5.32 Å². The third kappa shape index (κ3) is 5.05. The molecule has 0 heterocycles. The van der Waals surface area contributed by atoms with Crippen molar-refractivity contribution in [3.05, 3.63) is 58.6 Å². The lowest BCUT2D eigenvalue weighted by Crippen LogP contribution is -2.18. The van der Waals surface area contributed by atoms with Crippen LogP contribution < -0.4 is 10.1 Å². The minimum Gasteiger partial charge on any atom is -0.457 e. The van der Waals surface area contributed by atoms with Crippen molar-refractivity contribution in [2.24, 2.45) is 0 Å². The maximum Gasteiger partial charge on any atom is 0.133 e. The second kappa shape index (κ2) is 8.03. The highest BCUT2D eigenvalue weighted by Crippen LogP contribution is 2.28. The van der Waals surface area contributed by atoms with Crippen LogP contribution in [0.5, 0.6) is 11.5 Å². The number of halogens is 1. The van der Waals surface area contributed by atoms with Gasteiger partial charge in [0.2, 0.25) is 0 Å². The number of rotatable bonds is 7. The Morgan fingerprint density at radius 1 is 1.14 bits per heavy atom. The molecule has 0 aliphatic carbocycles. The van der Waals surface area contributed by atoms with Gasteiger partial charge >= 0.3 is 0 Å². The summed E-state index contributed by atoms with van der Waals surface area (Å²) >= 11 is 6.08. The summed E-state index contributed by atoms with van der Waals surface area (Å²) in [4.78, 5) is 0. The number of nitrogens with one attached hydrogen (secondary N) is 1. The first-order chi connectivity index (χ1) is 10.2. The second-order valence-corrected chi connectivity index (χ2v) is 5.28. The average Bonchev–Trinajstić information content (AvgIpc) is 2.45. The van der Waals surface area contributed by atoms with Crippen LogP contribution in [0.1, 0.15) is 11.1 Å². The zero-order chi connectivity index (χ0) is 15.1. The number of hydrogen-bond acceptors (Lipinski definition) is 3. The normalized spacial score (nSPS) is 10.6. The molecule has 0 amide bonds. The highest BCUT2D eigenvalue weighted by molar-refractivity contribution is 6.30. The van der Waals surface area contributed by atoms with E-state index in [1.165, 1.54) is 0 Å². The second-order valence-electron chi connectivity index (χ2n) is 4.84. The Bertz CT molecular complexity index is 587. The van der Waals surface area contributed by atoms with Crippen LogP contribution in [0.15, 0.2) is 42.5 Å². The molecule has 1 N–H and O–H groups in total. The summed E-state index contributed by atoms with van der Waals surface area (Å²) in [7, 11) is 1.69. The van der Waals surface area contributed by atoms with Gasteiger partial charge in [0.15, 0.2) is 0 Å². The van der Waals surface area contributed by atoms with Gasteiger partial charge in [-0.3, -0.25) is 0 Å². The Morgan fingerprint density at radius 2 is 2.00 bits per heavy atom. The van der Waals surface area contributed by atoms with Gasteiger partial charge in [-0.15, -0.1) is 0 Å². The van der Waals surface area contributed by atoms with Gasteiger partial charge in [0.05, 0.1) is 6.61 Å². The predicted molar refractivity (Wildman–Crippen MR) is 86.3 cm³/mol. The number of methoxy groups -OCH3 is 1. The van der Waals surface area contributed by atoms with E-state index in [4.69, 9.17) is 21.1 Å². The Morgan fingerprint density at radius 3 is 2.76 bits per heavy atom. The lowest BCUT2D eigenvalue weighted by Gasteiger charge is -2.13. The van der Waals surface area contributed by atoms with Crippen LogP contribution in [0.2, 0.25) is 5.02 Å². The molecule has 0 saturated heterocycles. The minimum atomic E-state index is 0.665. The molecule has 3 nitrogen and oxygen atoms in total. The first kappa shape index (κ1) is 15.8. The van der Waals surface area contributed by atoms with Gasteiger partial charge in [0.25, 0.3) is 0 Å². The Kier molecular flexibility index (Phi) is 6.05. The molecule has 0 atom stereocenters. The first-order valence-corrected chi connectivity index (χ1v) is 7.29. The summed E-state index contributed by atoms with van der Waals surface area (Å²) in [6, 6.07) is 13.7. The Balaban J connectivity index is 2.11. The Hall–Kier alpha value is -1.55. The van der Waals surface area contributed by atoms with E-state index in [0.717, 1.165) is 29.2 Å². The van der Waals surface area contributed by atoms with Gasteiger partial charge in [0, 0.05) is 30.8 Å². The van der Waals surface area contributed by atoms with E-state index >= 15 is 0 Å². The lowest BCUT2D eigenvalue weighted by molar-refractivity contribution is 0.199. The van der Waals surface area contributed by atoms with Crippen molar-refractivity contribution >= 4 is 11.6 Å². The summed E-state index contributed by atoms with van der Waals surface area (Å²) in [5.74, 6) is 1.59. The highest BCUT2D eigenvalue weighted by atomic mass is 35.5. The van der Waals surface area contributed by atoms with E-state index < -0.39 is 0 Å². The molecule has 0 bridgehead atoms. The lowest BCUT2D eigenvalue weighted by atomic mass is 10.2. The van der Waals surface area contributed by atoms with E-state index in [0.29, 0.717) is 18.2 Å². The largest absolute Gasteiger partial charge is 0.457 e. The summed E-state index contributed by atoms with van der Waals surface area (Å²) < 4.78 is 11.0. The van der Waals surface area contributed by atoms with Crippen molar-refractivity contribution in [2.75, 3.05) is 20.3 Å². The number of hydrogen-bond donors (Lipinski definition) is 1. The molecule has 2 aromatic rings. The average molecular weight is 306 g/mol. The zero-order valence-electron chi connectivity index (χ0n) is 12.4. The molecule has 0 fully saturated rings. The van der Waals surface area contributed by atoms with Crippen molar-refractivity contribution in [3.63, 3.8) is 0 Å². The van der Waals surface area contributed by atoms with E-state index in [-0.39, 0.29) is 0 Å². The molecule has 21 heavy (non-hydrogen) atoms. The van der Waals surface area contributed by atoms with Crippen LogP contribution in [0.4, 0.5) is 0 Å². The fraction of sp³-hybridized carbons (Fsp3) is 0.294. The highest BCUT2D eigenvalue weighted by Gasteiger charge is 2.06. The maximum atomic E-state index is 6.08. The molecule has 0 aliphatic heterocycles. The van der Waals surface area contributed by atoms with E-state index in [1.54, 1.807) is 7.11 Å². The predicted octanol–water partition coefficient (Wildman–Crippen LogP) is 4.18. The summed E-state index contributed by atoms with van der Waals surface area (Å²) in [5.41, 5.74) is 2.23. The summed E-state index contributed by atoms with van der Waals surface area (Å²) in [6.45, 7) is 4.23. The van der Waals surface area contributed by atoms with Crippen LogP contribution in [0.25, 0.3) is 0 Å². The van der Waals surface area contributed by atoms with E-state index in [1.807, 2.05) is 49.4 Å². The van der Waals surface area contributed by atoms with Gasteiger partial charge in [-0.2, -0.15) is 0 Å². The molecular weight excluding hydrogens is 286 g/mol. The van der Waals surface area contributed by atoms with Crippen LogP contribution in [-0.4, -0.2) is 20.3 Å². The quantitative estimate of drug-likeness (QED) is 0.779. The fourth-order valence-electron chi connectivity index (χ4n) is 1.97. The monoisotopic (exact) mass is 305 g/mol. The number of benzene rings is 2. The van der Waals surface area contributed by atoms with Gasteiger partial charge in [0.1, 0.15) is 11.5 Å². The van der Waals surface area contributed by atoms with Gasteiger partial charge in [-0.05, 0) is 36.8 Å². The van der Waals surface area contributed by atoms with Crippen LogP contribution in [0, 0.1) is 6.92 Å². The Labute approximate surface area is 130 Å². The third-order valence-electron chi connectivity index (χ3n) is 3.04. The topological polar surface area (TPSA) is 30.5 Å². The van der Waals surface area contributed by atoms with Crippen molar-refractivity contribution in [3.8, 4) is 11.5 Å². The molecule has 0 aliphatic rings. The SMILES string of the molecule is COCCNCc1ccc(Cl)cc1Oc1cccc(C)c1. The molecule has 2 rings (SSSR count). The third-order valence-corrected chi connectivity index (χ3v) is 3.28. The number of aryl methyl sites for hydroxylation is 1. The summed E-state index contributed by atoms with van der Waals surface area (Å²) in [6.07, 6.45) is 0. The van der Waals surface area contributed by atoms with Crippen molar-refractivity contribution in [1.82, 2.24) is 5.32 Å². The molecule has 0 spiro atoms. The maximum absolute atomic E-state index is 6.08. The fourth-order valence-corrected chi connectivity index (χ4v) is 2.13. The minimum absolute atomic E-state index is 0.665. The molecule has 0 aromatic heterocycles. The first-order valence-electron chi connectivity index (χ1n) is 6.91. The molecule has 2 aromatic carbocycles. The van der Waals surface area contributed by atoms with Crippen LogP contribution >= 0.6 is 11.6 Å². The van der Waals surface area contributed by atoms with Crippen molar-refractivity contribution in [2.45, 2.75) is 13.5 Å². The molecule has 4 heteroatoms. The molecule has 0 unspecified atom stereocenters. The standard InChI is InChI=1S/C17H20ClNO2/c1-13-4-3-5-16(10-13)21-17-11-15(18)7-6-14(17)12-19-8-9-20-2/h3-7,10-11,19H,8-9,12H2,1-2H3.